The molecule has 1 aromatic rings. The molecule has 1 fully saturated rings. The van der Waals surface area contributed by atoms with Gasteiger partial charge in [-0.15, -0.1) is 0 Å². The zero-order chi connectivity index (χ0) is 16.1. The smallest absolute Gasteiger partial charge is 0.333 e. The molecule has 0 bridgehead atoms. The third-order valence-electron chi connectivity index (χ3n) is 3.63. The summed E-state index contributed by atoms with van der Waals surface area (Å²) >= 11 is 0. The zero-order valence-electron chi connectivity index (χ0n) is 12.7. The number of hydrogen-bond donors (Lipinski definition) is 0. The van der Waals surface area contributed by atoms with E-state index in [4.69, 9.17) is 9.47 Å². The molecule has 1 saturated heterocycles. The molecule has 1 heterocycles. The second kappa shape index (κ2) is 7.06. The van der Waals surface area contributed by atoms with Gasteiger partial charge in [0.1, 0.15) is 6.04 Å². The Bertz CT molecular complexity index is 557. The Kier molecular flexibility index (Phi) is 5.14. The Hall–Kier alpha value is -2.37. The van der Waals surface area contributed by atoms with E-state index in [0.29, 0.717) is 12.0 Å². The van der Waals surface area contributed by atoms with Crippen LogP contribution in [0.1, 0.15) is 31.4 Å². The molecule has 0 radical (unpaired) electrons. The number of hydrogen-bond acceptors (Lipinski definition) is 5. The number of nitrogens with zero attached hydrogens (tertiary/aromatic N) is 1. The van der Waals surface area contributed by atoms with Gasteiger partial charge < -0.3 is 14.4 Å². The molecule has 0 spiro atoms. The van der Waals surface area contributed by atoms with Gasteiger partial charge in [-0.2, -0.15) is 0 Å². The van der Waals surface area contributed by atoms with Crippen molar-refractivity contribution >= 4 is 17.8 Å². The summed E-state index contributed by atoms with van der Waals surface area (Å²) in [5, 5.41) is 0. The van der Waals surface area contributed by atoms with Crippen molar-refractivity contribution < 1.29 is 23.9 Å². The molecule has 6 nitrogen and oxygen atoms in total. The molecule has 2 atom stereocenters. The summed E-state index contributed by atoms with van der Waals surface area (Å²) in [4.78, 5) is 37.8. The Morgan fingerprint density at radius 3 is 2.59 bits per heavy atom. The van der Waals surface area contributed by atoms with E-state index in [-0.39, 0.29) is 18.9 Å². The lowest BCUT2D eigenvalue weighted by Crippen LogP contribution is -2.45. The van der Waals surface area contributed by atoms with Crippen molar-refractivity contribution in [1.82, 2.24) is 4.90 Å². The van der Waals surface area contributed by atoms with Gasteiger partial charge in [-0.1, -0.05) is 30.3 Å². The maximum Gasteiger partial charge on any atom is 0.333 e. The molecule has 1 aromatic carbocycles. The molecule has 1 aliphatic rings. The molecule has 0 aromatic heterocycles. The molecule has 118 valence electrons. The van der Waals surface area contributed by atoms with Crippen molar-refractivity contribution in [3.63, 3.8) is 0 Å². The average Bonchev–Trinajstić information content (AvgIpc) is 2.90. The minimum absolute atomic E-state index is 0.201. The van der Waals surface area contributed by atoms with E-state index in [1.54, 1.807) is 31.2 Å². The molecule has 0 aliphatic carbocycles. The lowest BCUT2D eigenvalue weighted by Gasteiger charge is -2.30. The first-order chi connectivity index (χ1) is 10.6. The molecule has 0 saturated carbocycles. The molecular weight excluding hydrogens is 286 g/mol. The second-order valence-corrected chi connectivity index (χ2v) is 4.94. The van der Waals surface area contributed by atoms with Gasteiger partial charge in [-0.25, -0.2) is 9.59 Å². The summed E-state index contributed by atoms with van der Waals surface area (Å²) in [6, 6.07) is 7.15. The summed E-state index contributed by atoms with van der Waals surface area (Å²) in [6.45, 7) is 1.90. The summed E-state index contributed by atoms with van der Waals surface area (Å²) in [5.74, 6) is -1.31. The number of ether oxygens (including phenoxy) is 2. The Morgan fingerprint density at radius 2 is 2.00 bits per heavy atom. The molecular formula is C16H19NO5. The summed E-state index contributed by atoms with van der Waals surface area (Å²) in [6.07, 6.45) is 0.552. The predicted octanol–water partition coefficient (Wildman–Crippen LogP) is 1.45. The zero-order valence-corrected chi connectivity index (χ0v) is 12.7. The average molecular weight is 305 g/mol. The molecule has 2 unspecified atom stereocenters. The molecule has 6 heteroatoms. The Balaban J connectivity index is 2.40. The van der Waals surface area contributed by atoms with E-state index in [1.165, 1.54) is 12.0 Å². The van der Waals surface area contributed by atoms with Gasteiger partial charge in [-0.05, 0) is 18.9 Å². The van der Waals surface area contributed by atoms with Crippen molar-refractivity contribution in [1.29, 1.82) is 0 Å². The Labute approximate surface area is 129 Å². The fraction of sp³-hybridized carbons (Fsp3) is 0.438. The first-order valence-electron chi connectivity index (χ1n) is 7.20. The maximum absolute atomic E-state index is 12.4. The third kappa shape index (κ3) is 3.10. The van der Waals surface area contributed by atoms with Crippen LogP contribution in [0.15, 0.2) is 30.3 Å². The standard InChI is InChI=1S/C16H19NO5/c1-3-22-16(20)14(11-7-5-4-6-8-11)17-12(15(19)21-2)9-10-13(17)18/h4-8,12,14H,3,9-10H2,1-2H3. The molecule has 0 N–H and O–H groups in total. The number of methoxy groups -OCH3 is 1. The van der Waals surface area contributed by atoms with Gasteiger partial charge in [0.15, 0.2) is 6.04 Å². The van der Waals surface area contributed by atoms with Crippen LogP contribution in [0.2, 0.25) is 0 Å². The van der Waals surface area contributed by atoms with Crippen molar-refractivity contribution in [2.75, 3.05) is 13.7 Å². The van der Waals surface area contributed by atoms with E-state index in [9.17, 15) is 14.4 Å². The van der Waals surface area contributed by atoms with Gasteiger partial charge in [0.05, 0.1) is 13.7 Å². The van der Waals surface area contributed by atoms with Crippen LogP contribution in [0.4, 0.5) is 0 Å². The number of benzene rings is 1. The van der Waals surface area contributed by atoms with Gasteiger partial charge in [0, 0.05) is 6.42 Å². The molecule has 22 heavy (non-hydrogen) atoms. The third-order valence-corrected chi connectivity index (χ3v) is 3.63. The number of carbonyl (C=O) groups excluding carboxylic acids is 3. The number of amides is 1. The van der Waals surface area contributed by atoms with Crippen LogP contribution in [0, 0.1) is 0 Å². The van der Waals surface area contributed by atoms with Crippen LogP contribution in [0.25, 0.3) is 0 Å². The van der Waals surface area contributed by atoms with Crippen molar-refractivity contribution in [3.05, 3.63) is 35.9 Å². The lowest BCUT2D eigenvalue weighted by molar-refractivity contribution is -0.160. The van der Waals surface area contributed by atoms with Crippen LogP contribution in [0.5, 0.6) is 0 Å². The second-order valence-electron chi connectivity index (χ2n) is 4.94. The number of carbonyl (C=O) groups is 3. The Morgan fingerprint density at radius 1 is 1.32 bits per heavy atom. The minimum Gasteiger partial charge on any atom is -0.467 e. The number of esters is 2. The minimum atomic E-state index is -0.930. The highest BCUT2D eigenvalue weighted by Crippen LogP contribution is 2.32. The van der Waals surface area contributed by atoms with Crippen LogP contribution in [-0.2, 0) is 23.9 Å². The van der Waals surface area contributed by atoms with E-state index in [2.05, 4.69) is 0 Å². The highest BCUT2D eigenvalue weighted by atomic mass is 16.5. The molecule has 1 aliphatic heterocycles. The maximum atomic E-state index is 12.4. The summed E-state index contributed by atoms with van der Waals surface area (Å²) in [5.41, 5.74) is 0.616. The first kappa shape index (κ1) is 16.0. The monoisotopic (exact) mass is 305 g/mol. The van der Waals surface area contributed by atoms with E-state index >= 15 is 0 Å². The van der Waals surface area contributed by atoms with Crippen LogP contribution < -0.4 is 0 Å². The lowest BCUT2D eigenvalue weighted by atomic mass is 10.0. The van der Waals surface area contributed by atoms with E-state index in [0.717, 1.165) is 0 Å². The van der Waals surface area contributed by atoms with Crippen molar-refractivity contribution in [2.24, 2.45) is 0 Å². The SMILES string of the molecule is CCOC(=O)C(c1ccccc1)N1C(=O)CCC1C(=O)OC. The fourth-order valence-electron chi connectivity index (χ4n) is 2.66. The normalized spacial score (nSPS) is 18.9. The fourth-order valence-corrected chi connectivity index (χ4v) is 2.66. The summed E-state index contributed by atoms with van der Waals surface area (Å²) in [7, 11) is 1.27. The van der Waals surface area contributed by atoms with Crippen molar-refractivity contribution in [2.45, 2.75) is 31.8 Å². The van der Waals surface area contributed by atoms with E-state index < -0.39 is 24.0 Å². The topological polar surface area (TPSA) is 72.9 Å². The highest BCUT2D eigenvalue weighted by molar-refractivity contribution is 5.92. The number of likely N-dealkylation sites (tertiary alicyclic amines) is 1. The van der Waals surface area contributed by atoms with Crippen LogP contribution in [0.3, 0.4) is 0 Å². The van der Waals surface area contributed by atoms with Gasteiger partial charge in [-0.3, -0.25) is 4.79 Å². The van der Waals surface area contributed by atoms with Crippen molar-refractivity contribution in [3.8, 4) is 0 Å². The van der Waals surface area contributed by atoms with Gasteiger partial charge >= 0.3 is 11.9 Å². The van der Waals surface area contributed by atoms with Gasteiger partial charge in [0.2, 0.25) is 5.91 Å². The largest absolute Gasteiger partial charge is 0.467 e. The first-order valence-corrected chi connectivity index (χ1v) is 7.20. The van der Waals surface area contributed by atoms with Crippen LogP contribution in [-0.4, -0.2) is 42.5 Å². The molecule has 1 amide bonds. The molecule has 2 rings (SSSR count). The number of rotatable bonds is 5. The van der Waals surface area contributed by atoms with Crippen LogP contribution >= 0.6 is 0 Å². The summed E-state index contributed by atoms with van der Waals surface area (Å²) < 4.78 is 9.85. The van der Waals surface area contributed by atoms with Gasteiger partial charge in [0.25, 0.3) is 0 Å². The van der Waals surface area contributed by atoms with E-state index in [1.807, 2.05) is 6.07 Å². The highest BCUT2D eigenvalue weighted by Gasteiger charge is 2.44. The quantitative estimate of drug-likeness (QED) is 0.770. The predicted molar refractivity (Wildman–Crippen MR) is 77.7 cm³/mol.